The van der Waals surface area contributed by atoms with Gasteiger partial charge in [-0.15, -0.1) is 11.8 Å². The van der Waals surface area contributed by atoms with E-state index in [0.29, 0.717) is 12.0 Å². The first-order valence-electron chi connectivity index (χ1n) is 7.50. The van der Waals surface area contributed by atoms with Gasteiger partial charge in [0.2, 0.25) is 0 Å². The molecule has 0 radical (unpaired) electrons. The van der Waals surface area contributed by atoms with Gasteiger partial charge in [-0.1, -0.05) is 42.8 Å². The van der Waals surface area contributed by atoms with E-state index in [0.717, 1.165) is 10.8 Å². The molecule has 0 saturated heterocycles. The van der Waals surface area contributed by atoms with E-state index in [1.807, 2.05) is 23.9 Å². The number of para-hydroxylation sites is 1. The number of benzene rings is 2. The van der Waals surface area contributed by atoms with Gasteiger partial charge in [0, 0.05) is 21.6 Å². The van der Waals surface area contributed by atoms with E-state index in [2.05, 4.69) is 48.6 Å². The molecule has 1 aliphatic rings. The Balaban J connectivity index is 1.60. The fourth-order valence-corrected chi connectivity index (χ4v) is 3.82. The number of halogens is 1. The van der Waals surface area contributed by atoms with E-state index in [1.165, 1.54) is 29.0 Å². The maximum absolute atomic E-state index is 6.07. The van der Waals surface area contributed by atoms with Crippen LogP contribution in [0, 0.1) is 0 Å². The van der Waals surface area contributed by atoms with Crippen molar-refractivity contribution in [2.24, 2.45) is 0 Å². The van der Waals surface area contributed by atoms with Crippen LogP contribution < -0.4 is 5.32 Å². The van der Waals surface area contributed by atoms with Crippen molar-refractivity contribution in [1.82, 2.24) is 0 Å². The predicted octanol–water partition coefficient (Wildman–Crippen LogP) is 5.81. The molecule has 1 saturated carbocycles. The third-order valence-corrected chi connectivity index (χ3v) is 5.20. The monoisotopic (exact) mass is 317 g/mol. The van der Waals surface area contributed by atoms with E-state index in [9.17, 15) is 0 Å². The van der Waals surface area contributed by atoms with E-state index in [1.54, 1.807) is 0 Å². The van der Waals surface area contributed by atoms with Crippen LogP contribution in [-0.2, 0) is 0 Å². The van der Waals surface area contributed by atoms with Crippen LogP contribution in [0.1, 0.15) is 31.2 Å². The molecule has 1 N–H and O–H groups in total. The maximum Gasteiger partial charge on any atom is 0.0480 e. The summed E-state index contributed by atoms with van der Waals surface area (Å²) in [6, 6.07) is 17.5. The van der Waals surface area contributed by atoms with Crippen LogP contribution in [0.5, 0.6) is 0 Å². The van der Waals surface area contributed by atoms with Crippen molar-refractivity contribution in [2.45, 2.75) is 36.6 Å². The Kier molecular flexibility index (Phi) is 4.77. The summed E-state index contributed by atoms with van der Waals surface area (Å²) in [5, 5.41) is 4.53. The zero-order valence-corrected chi connectivity index (χ0v) is 13.8. The van der Waals surface area contributed by atoms with Gasteiger partial charge in [0.25, 0.3) is 0 Å². The molecule has 3 heteroatoms. The molecule has 0 spiro atoms. The predicted molar refractivity (Wildman–Crippen MR) is 93.7 cm³/mol. The molecule has 0 amide bonds. The third-order valence-electron chi connectivity index (χ3n) is 4.00. The second-order valence-electron chi connectivity index (χ2n) is 5.49. The number of anilines is 1. The minimum absolute atomic E-state index is 0.576. The summed E-state index contributed by atoms with van der Waals surface area (Å²) in [4.78, 5) is 1.35. The highest BCUT2D eigenvalue weighted by molar-refractivity contribution is 7.99. The minimum atomic E-state index is 0.576. The molecule has 0 atom stereocenters. The van der Waals surface area contributed by atoms with Crippen LogP contribution in [-0.4, -0.2) is 11.8 Å². The smallest absolute Gasteiger partial charge is 0.0480 e. The van der Waals surface area contributed by atoms with Crippen molar-refractivity contribution >= 4 is 29.1 Å². The van der Waals surface area contributed by atoms with Gasteiger partial charge in [-0.25, -0.2) is 0 Å². The normalized spacial score (nSPS) is 20.9. The lowest BCUT2D eigenvalue weighted by molar-refractivity contribution is 0.374. The summed E-state index contributed by atoms with van der Waals surface area (Å²) >= 11 is 7.97. The highest BCUT2D eigenvalue weighted by atomic mass is 35.5. The average Bonchev–Trinajstić information content (AvgIpc) is 2.44. The molecular weight excluding hydrogens is 298 g/mol. The van der Waals surface area contributed by atoms with Crippen LogP contribution in [0.3, 0.4) is 0 Å². The minimum Gasteiger partial charge on any atom is -0.381 e. The summed E-state index contributed by atoms with van der Waals surface area (Å²) < 4.78 is 0. The summed E-state index contributed by atoms with van der Waals surface area (Å²) in [7, 11) is 0. The van der Waals surface area contributed by atoms with Gasteiger partial charge in [-0.05, 0) is 54.3 Å². The largest absolute Gasteiger partial charge is 0.381 e. The Morgan fingerprint density at radius 1 is 1.14 bits per heavy atom. The van der Waals surface area contributed by atoms with Crippen molar-refractivity contribution in [3.8, 4) is 0 Å². The Bertz CT molecular complexity index is 608. The van der Waals surface area contributed by atoms with Crippen LogP contribution in [0.4, 0.5) is 5.69 Å². The van der Waals surface area contributed by atoms with Gasteiger partial charge >= 0.3 is 0 Å². The third kappa shape index (κ3) is 3.56. The highest BCUT2D eigenvalue weighted by Gasteiger charge is 2.30. The van der Waals surface area contributed by atoms with Crippen LogP contribution >= 0.6 is 23.4 Å². The number of rotatable bonds is 5. The number of hydrogen-bond donors (Lipinski definition) is 1. The highest BCUT2D eigenvalue weighted by Crippen LogP contribution is 2.40. The lowest BCUT2D eigenvalue weighted by atomic mass is 9.76. The zero-order valence-electron chi connectivity index (χ0n) is 12.2. The fourth-order valence-electron chi connectivity index (χ4n) is 2.86. The topological polar surface area (TPSA) is 12.0 Å². The first-order valence-corrected chi connectivity index (χ1v) is 8.86. The summed E-state index contributed by atoms with van der Waals surface area (Å²) in [5.41, 5.74) is 2.65. The zero-order chi connectivity index (χ0) is 14.7. The van der Waals surface area contributed by atoms with Gasteiger partial charge in [0.1, 0.15) is 0 Å². The lowest BCUT2D eigenvalue weighted by Gasteiger charge is -2.37. The molecule has 2 aromatic carbocycles. The molecule has 0 aliphatic heterocycles. The number of hydrogen-bond acceptors (Lipinski definition) is 2. The van der Waals surface area contributed by atoms with Crippen LogP contribution in [0.2, 0.25) is 5.02 Å². The van der Waals surface area contributed by atoms with Crippen LogP contribution in [0.25, 0.3) is 0 Å². The van der Waals surface area contributed by atoms with Crippen molar-refractivity contribution < 1.29 is 0 Å². The van der Waals surface area contributed by atoms with Gasteiger partial charge in [-0.3, -0.25) is 0 Å². The molecule has 0 unspecified atom stereocenters. The van der Waals surface area contributed by atoms with Crippen molar-refractivity contribution in [1.29, 1.82) is 0 Å². The molecule has 110 valence electrons. The van der Waals surface area contributed by atoms with Crippen molar-refractivity contribution in [2.75, 3.05) is 11.1 Å². The van der Waals surface area contributed by atoms with Crippen molar-refractivity contribution in [3.05, 3.63) is 59.1 Å². The fraction of sp³-hybridized carbons (Fsp3) is 0.333. The second kappa shape index (κ2) is 6.76. The van der Waals surface area contributed by atoms with E-state index in [4.69, 9.17) is 11.6 Å². The Morgan fingerprint density at radius 3 is 2.71 bits per heavy atom. The van der Waals surface area contributed by atoms with Gasteiger partial charge < -0.3 is 5.32 Å². The summed E-state index contributed by atoms with van der Waals surface area (Å²) in [6.07, 6.45) is 2.37. The summed E-state index contributed by atoms with van der Waals surface area (Å²) in [5.74, 6) is 1.75. The lowest BCUT2D eigenvalue weighted by Crippen LogP contribution is -2.34. The summed E-state index contributed by atoms with van der Waals surface area (Å²) in [6.45, 7) is 2.19. The van der Waals surface area contributed by atoms with Crippen molar-refractivity contribution in [3.63, 3.8) is 0 Å². The molecule has 1 nitrogen and oxygen atoms in total. The molecule has 0 bridgehead atoms. The Labute approximate surface area is 136 Å². The van der Waals surface area contributed by atoms with E-state index < -0.39 is 0 Å². The van der Waals surface area contributed by atoms with E-state index >= 15 is 0 Å². The van der Waals surface area contributed by atoms with Gasteiger partial charge in [0.15, 0.2) is 0 Å². The first kappa shape index (κ1) is 14.8. The molecule has 2 aromatic rings. The molecule has 1 aliphatic carbocycles. The second-order valence-corrected chi connectivity index (χ2v) is 7.24. The van der Waals surface area contributed by atoms with Gasteiger partial charge in [0.05, 0.1) is 0 Å². The average molecular weight is 318 g/mol. The molecule has 0 aromatic heterocycles. The standard InChI is InChI=1S/C18H20ClNS/c1-2-21-18-9-4-3-8-17(18)20-16-11-14(12-16)13-6-5-7-15(19)10-13/h3-10,14,16,20H,2,11-12H2,1H3. The van der Waals surface area contributed by atoms with Gasteiger partial charge in [-0.2, -0.15) is 0 Å². The molecule has 21 heavy (non-hydrogen) atoms. The van der Waals surface area contributed by atoms with E-state index in [-0.39, 0.29) is 0 Å². The molecular formula is C18H20ClNS. The molecule has 3 rings (SSSR count). The quantitative estimate of drug-likeness (QED) is 0.698. The molecule has 1 fully saturated rings. The number of nitrogens with one attached hydrogen (secondary N) is 1. The SMILES string of the molecule is CCSc1ccccc1NC1CC(c2cccc(Cl)c2)C1. The number of thioether (sulfide) groups is 1. The maximum atomic E-state index is 6.07. The Morgan fingerprint density at radius 2 is 1.95 bits per heavy atom. The molecule has 0 heterocycles. The Hall–Kier alpha value is -1.12. The van der Waals surface area contributed by atoms with Crippen LogP contribution in [0.15, 0.2) is 53.4 Å². The first-order chi connectivity index (χ1) is 10.3.